The van der Waals surface area contributed by atoms with E-state index >= 15 is 0 Å². The summed E-state index contributed by atoms with van der Waals surface area (Å²) in [6, 6.07) is 6.78. The number of hydrogen-bond donors (Lipinski definition) is 0. The average molecular weight is 242 g/mol. The van der Waals surface area contributed by atoms with Crippen molar-refractivity contribution in [1.82, 2.24) is 0 Å². The SMILES string of the molecule is CCc1ccc(S(=O)(=O)OC(C)(C)C)cc1. The van der Waals surface area contributed by atoms with Crippen LogP contribution in [0.4, 0.5) is 0 Å². The van der Waals surface area contributed by atoms with Gasteiger partial charge in [-0.1, -0.05) is 19.1 Å². The first-order chi connectivity index (χ1) is 7.24. The minimum atomic E-state index is -3.64. The third kappa shape index (κ3) is 3.61. The fourth-order valence-electron chi connectivity index (χ4n) is 1.27. The Labute approximate surface area is 97.6 Å². The molecule has 0 fully saturated rings. The van der Waals surface area contributed by atoms with Crippen LogP contribution in [0.15, 0.2) is 29.2 Å². The predicted octanol–water partition coefficient (Wildman–Crippen LogP) is 2.75. The van der Waals surface area contributed by atoms with Crippen molar-refractivity contribution >= 4 is 10.1 Å². The first-order valence-electron chi connectivity index (χ1n) is 5.29. The van der Waals surface area contributed by atoms with Crippen LogP contribution in [0.25, 0.3) is 0 Å². The molecule has 0 unspecified atom stereocenters. The maximum atomic E-state index is 11.8. The second kappa shape index (κ2) is 4.55. The molecule has 0 atom stereocenters. The van der Waals surface area contributed by atoms with Crippen molar-refractivity contribution in [3.63, 3.8) is 0 Å². The fraction of sp³-hybridized carbons (Fsp3) is 0.500. The van der Waals surface area contributed by atoms with Crippen molar-refractivity contribution < 1.29 is 12.6 Å². The second-order valence-electron chi connectivity index (χ2n) is 4.65. The monoisotopic (exact) mass is 242 g/mol. The number of rotatable bonds is 3. The Morgan fingerprint density at radius 1 is 1.12 bits per heavy atom. The van der Waals surface area contributed by atoms with Crippen LogP contribution in [-0.4, -0.2) is 14.0 Å². The fourth-order valence-corrected chi connectivity index (χ4v) is 2.49. The smallest absolute Gasteiger partial charge is 0.261 e. The zero-order valence-corrected chi connectivity index (χ0v) is 11.0. The molecule has 0 saturated carbocycles. The van der Waals surface area contributed by atoms with Crippen molar-refractivity contribution in [3.8, 4) is 0 Å². The number of aryl methyl sites for hydroxylation is 1. The summed E-state index contributed by atoms with van der Waals surface area (Å²) in [5.41, 5.74) is 0.400. The molecule has 0 aliphatic heterocycles. The van der Waals surface area contributed by atoms with Gasteiger partial charge in [-0.2, -0.15) is 8.42 Å². The molecule has 0 spiro atoms. The van der Waals surface area contributed by atoms with Gasteiger partial charge in [0.1, 0.15) is 0 Å². The average Bonchev–Trinajstić information content (AvgIpc) is 2.14. The molecule has 1 aromatic carbocycles. The molecule has 16 heavy (non-hydrogen) atoms. The highest BCUT2D eigenvalue weighted by atomic mass is 32.2. The lowest BCUT2D eigenvalue weighted by Gasteiger charge is -2.18. The molecule has 0 aliphatic rings. The van der Waals surface area contributed by atoms with Crippen molar-refractivity contribution in [3.05, 3.63) is 29.8 Å². The van der Waals surface area contributed by atoms with E-state index in [1.165, 1.54) is 0 Å². The van der Waals surface area contributed by atoms with E-state index in [1.54, 1.807) is 45.0 Å². The molecule has 4 heteroatoms. The molecule has 1 rings (SSSR count). The highest BCUT2D eigenvalue weighted by Gasteiger charge is 2.23. The third-order valence-corrected chi connectivity index (χ3v) is 3.55. The van der Waals surface area contributed by atoms with E-state index < -0.39 is 15.7 Å². The number of hydrogen-bond acceptors (Lipinski definition) is 3. The van der Waals surface area contributed by atoms with E-state index in [-0.39, 0.29) is 4.90 Å². The second-order valence-corrected chi connectivity index (χ2v) is 6.19. The van der Waals surface area contributed by atoms with Crippen LogP contribution in [0.1, 0.15) is 33.3 Å². The quantitative estimate of drug-likeness (QED) is 0.765. The topological polar surface area (TPSA) is 43.4 Å². The lowest BCUT2D eigenvalue weighted by molar-refractivity contribution is 0.139. The number of benzene rings is 1. The molecule has 0 aliphatic carbocycles. The van der Waals surface area contributed by atoms with E-state index in [2.05, 4.69) is 0 Å². The first-order valence-corrected chi connectivity index (χ1v) is 6.70. The van der Waals surface area contributed by atoms with E-state index in [1.807, 2.05) is 6.92 Å². The summed E-state index contributed by atoms with van der Waals surface area (Å²) < 4.78 is 28.7. The maximum absolute atomic E-state index is 11.8. The van der Waals surface area contributed by atoms with Crippen LogP contribution in [-0.2, 0) is 20.7 Å². The molecule has 0 bridgehead atoms. The highest BCUT2D eigenvalue weighted by Crippen LogP contribution is 2.20. The zero-order valence-electron chi connectivity index (χ0n) is 10.1. The molecular weight excluding hydrogens is 224 g/mol. The molecule has 90 valence electrons. The Kier molecular flexibility index (Phi) is 3.76. The largest absolute Gasteiger partial charge is 0.297 e. The molecule has 0 heterocycles. The molecule has 1 aromatic rings. The van der Waals surface area contributed by atoms with E-state index in [9.17, 15) is 8.42 Å². The van der Waals surface area contributed by atoms with E-state index in [4.69, 9.17) is 4.18 Å². The van der Waals surface area contributed by atoms with Gasteiger partial charge in [0.05, 0.1) is 10.5 Å². The summed E-state index contributed by atoms with van der Waals surface area (Å²) in [7, 11) is -3.64. The Bertz CT molecular complexity index is 438. The Hall–Kier alpha value is -0.870. The normalized spacial score (nSPS) is 12.8. The summed E-state index contributed by atoms with van der Waals surface area (Å²) >= 11 is 0. The lowest BCUT2D eigenvalue weighted by atomic mass is 10.2. The summed E-state index contributed by atoms with van der Waals surface area (Å²) in [4.78, 5) is 0.208. The van der Waals surface area contributed by atoms with Gasteiger partial charge in [0, 0.05) is 0 Å². The molecular formula is C12H18O3S. The van der Waals surface area contributed by atoms with Gasteiger partial charge >= 0.3 is 0 Å². The highest BCUT2D eigenvalue weighted by molar-refractivity contribution is 7.86. The molecule has 0 radical (unpaired) electrons. The zero-order chi connectivity index (χ0) is 12.4. The molecule has 0 amide bonds. The molecule has 0 aromatic heterocycles. The minimum Gasteiger partial charge on any atom is -0.261 e. The van der Waals surface area contributed by atoms with Gasteiger partial charge in [0.25, 0.3) is 10.1 Å². The van der Waals surface area contributed by atoms with Gasteiger partial charge in [0.2, 0.25) is 0 Å². The van der Waals surface area contributed by atoms with Crippen LogP contribution >= 0.6 is 0 Å². The van der Waals surface area contributed by atoms with Crippen molar-refractivity contribution in [2.75, 3.05) is 0 Å². The standard InChI is InChI=1S/C12H18O3S/c1-5-10-6-8-11(9-7-10)16(13,14)15-12(2,3)4/h6-9H,5H2,1-4H3. The van der Waals surface area contributed by atoms with Gasteiger partial charge < -0.3 is 0 Å². The Balaban J connectivity index is 2.99. The van der Waals surface area contributed by atoms with Crippen molar-refractivity contribution in [2.24, 2.45) is 0 Å². The summed E-state index contributed by atoms with van der Waals surface area (Å²) in [5, 5.41) is 0. The van der Waals surface area contributed by atoms with Gasteiger partial charge in [-0.3, -0.25) is 4.18 Å². The summed E-state index contributed by atoms with van der Waals surface area (Å²) in [6.07, 6.45) is 0.889. The van der Waals surface area contributed by atoms with Crippen molar-refractivity contribution in [1.29, 1.82) is 0 Å². The molecule has 0 saturated heterocycles. The van der Waals surface area contributed by atoms with Gasteiger partial charge in [-0.05, 0) is 44.9 Å². The van der Waals surface area contributed by atoms with E-state index in [0.29, 0.717) is 0 Å². The van der Waals surface area contributed by atoms with Crippen molar-refractivity contribution in [2.45, 2.75) is 44.6 Å². The van der Waals surface area contributed by atoms with Crippen LogP contribution in [0.5, 0.6) is 0 Å². The Morgan fingerprint density at radius 2 is 1.62 bits per heavy atom. The van der Waals surface area contributed by atoms with E-state index in [0.717, 1.165) is 12.0 Å². The van der Waals surface area contributed by atoms with Gasteiger partial charge in [-0.15, -0.1) is 0 Å². The first kappa shape index (κ1) is 13.2. The lowest BCUT2D eigenvalue weighted by Crippen LogP contribution is -2.24. The summed E-state index contributed by atoms with van der Waals surface area (Å²) in [6.45, 7) is 7.16. The van der Waals surface area contributed by atoms with Crippen LogP contribution < -0.4 is 0 Å². The molecule has 0 N–H and O–H groups in total. The molecule has 3 nitrogen and oxygen atoms in total. The minimum absolute atomic E-state index is 0.208. The Morgan fingerprint density at radius 3 is 2.00 bits per heavy atom. The van der Waals surface area contributed by atoms with Crippen LogP contribution in [0.3, 0.4) is 0 Å². The van der Waals surface area contributed by atoms with Gasteiger partial charge in [-0.25, -0.2) is 0 Å². The maximum Gasteiger partial charge on any atom is 0.297 e. The predicted molar refractivity (Wildman–Crippen MR) is 63.8 cm³/mol. The van der Waals surface area contributed by atoms with Crippen LogP contribution in [0, 0.1) is 0 Å². The third-order valence-electron chi connectivity index (χ3n) is 1.98. The summed E-state index contributed by atoms with van der Waals surface area (Å²) in [5.74, 6) is 0. The van der Waals surface area contributed by atoms with Crippen LogP contribution in [0.2, 0.25) is 0 Å². The van der Waals surface area contributed by atoms with Gasteiger partial charge in [0.15, 0.2) is 0 Å².